The van der Waals surface area contributed by atoms with Crippen molar-refractivity contribution in [2.45, 2.75) is 13.8 Å². The Morgan fingerprint density at radius 1 is 1.32 bits per heavy atom. The molecular formula is C15H21N2O2+. The van der Waals surface area contributed by atoms with Crippen molar-refractivity contribution < 1.29 is 14.5 Å². The Balaban J connectivity index is 3.00. The molecule has 102 valence electrons. The van der Waals surface area contributed by atoms with Crippen LogP contribution >= 0.6 is 0 Å². The average Bonchev–Trinajstić information content (AvgIpc) is 2.36. The lowest BCUT2D eigenvalue weighted by molar-refractivity contribution is -0.801. The number of hydrogen-bond donors (Lipinski definition) is 1. The molecule has 0 aromatic heterocycles. The predicted molar refractivity (Wildman–Crippen MR) is 76.4 cm³/mol. The van der Waals surface area contributed by atoms with Gasteiger partial charge >= 0.3 is 0 Å². The van der Waals surface area contributed by atoms with Crippen molar-refractivity contribution in [1.29, 1.82) is 0 Å². The Morgan fingerprint density at radius 3 is 2.53 bits per heavy atom. The summed E-state index contributed by atoms with van der Waals surface area (Å²) in [6.07, 6.45) is 3.34. The Morgan fingerprint density at radius 2 is 2.00 bits per heavy atom. The van der Waals surface area contributed by atoms with E-state index >= 15 is 0 Å². The van der Waals surface area contributed by atoms with Gasteiger partial charge in [-0.1, -0.05) is 12.1 Å². The molecule has 0 aliphatic rings. The first-order chi connectivity index (χ1) is 8.95. The van der Waals surface area contributed by atoms with Gasteiger partial charge in [0, 0.05) is 30.8 Å². The highest BCUT2D eigenvalue weighted by atomic mass is 16.2. The molecule has 0 aliphatic carbocycles. The van der Waals surface area contributed by atoms with Crippen LogP contribution in [0.1, 0.15) is 24.2 Å². The standard InChI is InChI=1S/C15H20N2O2/c1-5-17(12(2)18)14-8-6-7-13(11-14)15(19)9-10-16(3)4/h6-11H,5H2,1-4H3/p+1/b10-9+. The van der Waals surface area contributed by atoms with Gasteiger partial charge in [0.1, 0.15) is 0 Å². The first kappa shape index (κ1) is 15.1. The van der Waals surface area contributed by atoms with Gasteiger partial charge < -0.3 is 9.80 Å². The summed E-state index contributed by atoms with van der Waals surface area (Å²) in [7, 11) is 3.88. The molecule has 0 aliphatic heterocycles. The SMILES string of the molecule is CCN(C(C)=O)c1cccc(C(=O)/C=C/[NH+](C)C)c1. The number of rotatable bonds is 5. The number of quaternary nitrogens is 1. The number of allylic oxidation sites excluding steroid dienone is 1. The second kappa shape index (κ2) is 6.85. The van der Waals surface area contributed by atoms with Crippen molar-refractivity contribution in [2.24, 2.45) is 0 Å². The summed E-state index contributed by atoms with van der Waals surface area (Å²) < 4.78 is 0. The lowest BCUT2D eigenvalue weighted by atomic mass is 10.1. The quantitative estimate of drug-likeness (QED) is 0.632. The summed E-state index contributed by atoms with van der Waals surface area (Å²) in [4.78, 5) is 26.2. The lowest BCUT2D eigenvalue weighted by Gasteiger charge is -2.19. The van der Waals surface area contributed by atoms with Gasteiger partial charge in [-0.25, -0.2) is 0 Å². The Hall–Kier alpha value is -1.94. The highest BCUT2D eigenvalue weighted by molar-refractivity contribution is 6.05. The smallest absolute Gasteiger partial charge is 0.223 e. The van der Waals surface area contributed by atoms with Crippen LogP contribution in [0.3, 0.4) is 0 Å². The van der Waals surface area contributed by atoms with Crippen LogP contribution in [-0.2, 0) is 4.79 Å². The number of carbonyl (C=O) groups is 2. The molecule has 4 heteroatoms. The number of hydrogen-bond acceptors (Lipinski definition) is 2. The molecule has 0 atom stereocenters. The third-order valence-corrected chi connectivity index (χ3v) is 2.71. The fourth-order valence-corrected chi connectivity index (χ4v) is 1.75. The Labute approximate surface area is 114 Å². The van der Waals surface area contributed by atoms with Gasteiger partial charge in [0.2, 0.25) is 5.91 Å². The molecule has 1 N–H and O–H groups in total. The van der Waals surface area contributed by atoms with Gasteiger partial charge in [0.25, 0.3) is 0 Å². The van der Waals surface area contributed by atoms with Crippen LogP contribution in [0.2, 0.25) is 0 Å². The summed E-state index contributed by atoms with van der Waals surface area (Å²) in [5.41, 5.74) is 1.35. The molecule has 0 fully saturated rings. The molecule has 0 spiro atoms. The van der Waals surface area contributed by atoms with E-state index in [-0.39, 0.29) is 11.7 Å². The van der Waals surface area contributed by atoms with Gasteiger partial charge in [-0.05, 0) is 19.1 Å². The van der Waals surface area contributed by atoms with Crippen molar-refractivity contribution in [2.75, 3.05) is 25.5 Å². The highest BCUT2D eigenvalue weighted by Crippen LogP contribution is 2.17. The molecule has 1 aromatic carbocycles. The van der Waals surface area contributed by atoms with E-state index in [0.29, 0.717) is 12.1 Å². The van der Waals surface area contributed by atoms with Crippen LogP contribution in [0.5, 0.6) is 0 Å². The van der Waals surface area contributed by atoms with Crippen LogP contribution in [-0.4, -0.2) is 32.3 Å². The summed E-state index contributed by atoms with van der Waals surface area (Å²) in [5.74, 6) is -0.0805. The van der Waals surface area contributed by atoms with E-state index in [2.05, 4.69) is 0 Å². The number of amides is 1. The van der Waals surface area contributed by atoms with Crippen molar-refractivity contribution >= 4 is 17.4 Å². The fraction of sp³-hybridized carbons (Fsp3) is 0.333. The van der Waals surface area contributed by atoms with E-state index in [4.69, 9.17) is 0 Å². The van der Waals surface area contributed by atoms with Crippen LogP contribution in [0.15, 0.2) is 36.5 Å². The van der Waals surface area contributed by atoms with Crippen LogP contribution in [0, 0.1) is 0 Å². The number of carbonyl (C=O) groups excluding carboxylic acids is 2. The average molecular weight is 261 g/mol. The van der Waals surface area contributed by atoms with Gasteiger partial charge in [0.15, 0.2) is 5.78 Å². The predicted octanol–water partition coefficient (Wildman–Crippen LogP) is 0.900. The molecule has 1 amide bonds. The van der Waals surface area contributed by atoms with Gasteiger partial charge in [-0.2, -0.15) is 0 Å². The minimum atomic E-state index is -0.0531. The second-order valence-electron chi connectivity index (χ2n) is 4.59. The van der Waals surface area contributed by atoms with E-state index in [1.807, 2.05) is 27.1 Å². The highest BCUT2D eigenvalue weighted by Gasteiger charge is 2.11. The molecular weight excluding hydrogens is 240 g/mol. The van der Waals surface area contributed by atoms with E-state index in [0.717, 1.165) is 10.6 Å². The molecule has 1 rings (SSSR count). The maximum atomic E-state index is 12.0. The maximum Gasteiger partial charge on any atom is 0.223 e. The zero-order valence-electron chi connectivity index (χ0n) is 11.9. The molecule has 1 aromatic rings. The first-order valence-electron chi connectivity index (χ1n) is 6.36. The van der Waals surface area contributed by atoms with E-state index in [1.54, 1.807) is 35.4 Å². The lowest BCUT2D eigenvalue weighted by Crippen LogP contribution is -3.00. The topological polar surface area (TPSA) is 41.8 Å². The third-order valence-electron chi connectivity index (χ3n) is 2.71. The van der Waals surface area contributed by atoms with Crippen molar-refractivity contribution in [3.8, 4) is 0 Å². The zero-order chi connectivity index (χ0) is 14.4. The second-order valence-corrected chi connectivity index (χ2v) is 4.59. The molecule has 0 saturated heterocycles. The van der Waals surface area contributed by atoms with Crippen molar-refractivity contribution in [3.63, 3.8) is 0 Å². The number of benzene rings is 1. The monoisotopic (exact) mass is 261 g/mol. The fourth-order valence-electron chi connectivity index (χ4n) is 1.75. The summed E-state index contributed by atoms with van der Waals surface area (Å²) >= 11 is 0. The van der Waals surface area contributed by atoms with Crippen LogP contribution in [0.25, 0.3) is 0 Å². The summed E-state index contributed by atoms with van der Waals surface area (Å²) in [6.45, 7) is 4.02. The third kappa shape index (κ3) is 4.34. The zero-order valence-corrected chi connectivity index (χ0v) is 11.9. The van der Waals surface area contributed by atoms with E-state index in [1.165, 1.54) is 6.92 Å². The van der Waals surface area contributed by atoms with E-state index in [9.17, 15) is 9.59 Å². The molecule has 4 nitrogen and oxygen atoms in total. The molecule has 0 unspecified atom stereocenters. The minimum Gasteiger partial charge on any atom is -0.313 e. The Kier molecular flexibility index (Phi) is 5.45. The molecule has 0 radical (unpaired) electrons. The molecule has 0 heterocycles. The van der Waals surface area contributed by atoms with Gasteiger partial charge in [0.05, 0.1) is 20.3 Å². The maximum absolute atomic E-state index is 12.0. The van der Waals surface area contributed by atoms with E-state index < -0.39 is 0 Å². The largest absolute Gasteiger partial charge is 0.313 e. The van der Waals surface area contributed by atoms with Crippen LogP contribution in [0.4, 0.5) is 5.69 Å². The number of anilines is 1. The molecule has 0 saturated carbocycles. The van der Waals surface area contributed by atoms with Crippen LogP contribution < -0.4 is 9.80 Å². The molecule has 0 bridgehead atoms. The van der Waals surface area contributed by atoms with Crippen molar-refractivity contribution in [1.82, 2.24) is 0 Å². The number of ketones is 1. The summed E-state index contributed by atoms with van der Waals surface area (Å²) in [5, 5.41) is 0. The Bertz CT molecular complexity index is 493. The first-order valence-corrected chi connectivity index (χ1v) is 6.36. The summed E-state index contributed by atoms with van der Waals surface area (Å²) in [6, 6.07) is 7.14. The van der Waals surface area contributed by atoms with Gasteiger partial charge in [-0.3, -0.25) is 9.59 Å². The number of nitrogens with zero attached hydrogens (tertiary/aromatic N) is 1. The molecule has 19 heavy (non-hydrogen) atoms. The van der Waals surface area contributed by atoms with Gasteiger partial charge in [-0.15, -0.1) is 0 Å². The van der Waals surface area contributed by atoms with Crippen molar-refractivity contribution in [3.05, 3.63) is 42.1 Å². The number of nitrogens with one attached hydrogen (secondary N) is 1. The minimum absolute atomic E-state index is 0.0274. The normalized spacial score (nSPS) is 11.0.